The fourth-order valence-electron chi connectivity index (χ4n) is 3.30. The van der Waals surface area contributed by atoms with Crippen molar-refractivity contribution in [2.24, 2.45) is 28.3 Å². The van der Waals surface area contributed by atoms with Gasteiger partial charge in [0.1, 0.15) is 5.54 Å². The van der Waals surface area contributed by atoms with E-state index in [1.165, 1.54) is 0 Å². The van der Waals surface area contributed by atoms with E-state index in [-0.39, 0.29) is 5.91 Å². The lowest BCUT2D eigenvalue weighted by Gasteiger charge is -2.27. The van der Waals surface area contributed by atoms with Crippen LogP contribution in [0.2, 0.25) is 0 Å². The summed E-state index contributed by atoms with van der Waals surface area (Å²) in [6, 6.07) is 8.00. The van der Waals surface area contributed by atoms with Gasteiger partial charge in [-0.2, -0.15) is 0 Å². The molecular weight excluding hydrogens is 324 g/mol. The van der Waals surface area contributed by atoms with Crippen molar-refractivity contribution in [2.75, 3.05) is 0 Å². The number of nitrogens with two attached hydrogens (primary N) is 2. The second-order valence-electron chi connectivity index (χ2n) is 8.28. The van der Waals surface area contributed by atoms with Gasteiger partial charge < -0.3 is 11.5 Å². The Morgan fingerprint density at radius 1 is 1.00 bits per heavy atom. The first-order valence-electron chi connectivity index (χ1n) is 9.72. The molecule has 0 aromatic heterocycles. The summed E-state index contributed by atoms with van der Waals surface area (Å²) in [4.78, 5) is 19.7. The van der Waals surface area contributed by atoms with E-state index in [1.54, 1.807) is 4.90 Å². The van der Waals surface area contributed by atoms with Gasteiger partial charge >= 0.3 is 0 Å². The van der Waals surface area contributed by atoms with Gasteiger partial charge in [0.25, 0.3) is 5.91 Å². The van der Waals surface area contributed by atoms with E-state index in [1.807, 2.05) is 24.3 Å². The molecule has 0 saturated heterocycles. The minimum atomic E-state index is -0.685. The number of rotatable bonds is 9. The maximum absolute atomic E-state index is 13.3. The van der Waals surface area contributed by atoms with Crippen molar-refractivity contribution in [1.82, 2.24) is 4.90 Å². The topological polar surface area (TPSA) is 84.7 Å². The number of hydrogen-bond donors (Lipinski definition) is 2. The van der Waals surface area contributed by atoms with Gasteiger partial charge in [0.15, 0.2) is 5.96 Å². The number of carbonyl (C=O) groups is 1. The smallest absolute Gasteiger partial charge is 0.257 e. The molecule has 0 aliphatic carbocycles. The first-order chi connectivity index (χ1) is 12.3. The molecule has 1 aliphatic rings. The number of hydrogen-bond acceptors (Lipinski definition) is 4. The normalized spacial score (nSPS) is 16.7. The minimum absolute atomic E-state index is 0.0548. The van der Waals surface area contributed by atoms with Crippen molar-refractivity contribution in [3.63, 3.8) is 0 Å². The third-order valence-corrected chi connectivity index (χ3v) is 5.12. The lowest BCUT2D eigenvalue weighted by Crippen LogP contribution is -2.44. The molecule has 1 aliphatic heterocycles. The molecule has 1 aromatic carbocycles. The fraction of sp³-hybridized carbons (Fsp3) is 0.619. The van der Waals surface area contributed by atoms with E-state index in [0.29, 0.717) is 30.9 Å². The summed E-state index contributed by atoms with van der Waals surface area (Å²) < 4.78 is 0. The molecule has 144 valence electrons. The third-order valence-electron chi connectivity index (χ3n) is 5.12. The Hall–Kier alpha value is -1.88. The highest BCUT2D eigenvalue weighted by Crippen LogP contribution is 2.34. The molecule has 1 aromatic rings. The van der Waals surface area contributed by atoms with Crippen LogP contribution in [-0.4, -0.2) is 22.3 Å². The number of guanidine groups is 1. The summed E-state index contributed by atoms with van der Waals surface area (Å²) in [6.45, 7) is 9.70. The first kappa shape index (κ1) is 20.4. The van der Waals surface area contributed by atoms with Gasteiger partial charge in [-0.1, -0.05) is 52.0 Å². The molecule has 0 bridgehead atoms. The highest BCUT2D eigenvalue weighted by molar-refractivity contribution is 6.06. The van der Waals surface area contributed by atoms with Gasteiger partial charge in [-0.25, -0.2) is 4.99 Å². The van der Waals surface area contributed by atoms with E-state index in [0.717, 1.165) is 36.8 Å². The summed E-state index contributed by atoms with van der Waals surface area (Å²) in [5.74, 6) is 1.48. The average molecular weight is 359 g/mol. The molecule has 0 spiro atoms. The molecule has 0 unspecified atom stereocenters. The molecule has 0 atom stereocenters. The Bertz CT molecular complexity index is 622. The second-order valence-corrected chi connectivity index (χ2v) is 8.28. The van der Waals surface area contributed by atoms with Gasteiger partial charge in [0.2, 0.25) is 0 Å². The zero-order chi connectivity index (χ0) is 19.3. The first-order valence-corrected chi connectivity index (χ1v) is 9.72. The largest absolute Gasteiger partial charge is 0.369 e. The van der Waals surface area contributed by atoms with Crippen LogP contribution in [0.5, 0.6) is 0 Å². The summed E-state index contributed by atoms with van der Waals surface area (Å²) in [5, 5.41) is 0. The molecular formula is C21H34N4O. The molecule has 26 heavy (non-hydrogen) atoms. The fourth-order valence-corrected chi connectivity index (χ4v) is 3.30. The Morgan fingerprint density at radius 2 is 1.50 bits per heavy atom. The quantitative estimate of drug-likeness (QED) is 0.709. The summed E-state index contributed by atoms with van der Waals surface area (Å²) in [6.07, 6.45) is 3.47. The molecule has 5 nitrogen and oxygen atoms in total. The summed E-state index contributed by atoms with van der Waals surface area (Å²) >= 11 is 0. The molecule has 0 radical (unpaired) electrons. The Balaban J connectivity index is 2.18. The molecule has 2 rings (SSSR count). The number of carbonyl (C=O) groups excluding carboxylic acids is 1. The zero-order valence-corrected chi connectivity index (χ0v) is 16.7. The lowest BCUT2D eigenvalue weighted by atomic mass is 9.84. The highest BCUT2D eigenvalue weighted by Gasteiger charge is 2.46. The molecule has 1 heterocycles. The SMILES string of the molecule is CC(C)CCC1(CCC(C)C)N=C(N)N(Cc2ccc(CN)cc2)C1=O. The van der Waals surface area contributed by atoms with Crippen LogP contribution >= 0.6 is 0 Å². The van der Waals surface area contributed by atoms with Crippen molar-refractivity contribution in [2.45, 2.75) is 72.0 Å². The van der Waals surface area contributed by atoms with Crippen molar-refractivity contribution in [3.05, 3.63) is 35.4 Å². The van der Waals surface area contributed by atoms with Gasteiger partial charge in [0.05, 0.1) is 6.54 Å². The van der Waals surface area contributed by atoms with Crippen LogP contribution in [0.1, 0.15) is 64.5 Å². The molecule has 0 saturated carbocycles. The second kappa shape index (κ2) is 8.67. The average Bonchev–Trinajstić information content (AvgIpc) is 2.83. The highest BCUT2D eigenvalue weighted by atomic mass is 16.2. The van der Waals surface area contributed by atoms with E-state index >= 15 is 0 Å². The van der Waals surface area contributed by atoms with Crippen LogP contribution in [0.15, 0.2) is 29.3 Å². The Labute approximate surface area is 157 Å². The van der Waals surface area contributed by atoms with Crippen molar-refractivity contribution >= 4 is 11.9 Å². The Morgan fingerprint density at radius 3 is 1.96 bits per heavy atom. The number of amides is 1. The molecule has 5 heteroatoms. The van der Waals surface area contributed by atoms with Crippen LogP contribution < -0.4 is 11.5 Å². The minimum Gasteiger partial charge on any atom is -0.369 e. The molecule has 0 fully saturated rings. The monoisotopic (exact) mass is 358 g/mol. The van der Waals surface area contributed by atoms with Crippen LogP contribution in [-0.2, 0) is 17.9 Å². The van der Waals surface area contributed by atoms with Crippen molar-refractivity contribution in [3.8, 4) is 0 Å². The number of nitrogens with zero attached hydrogens (tertiary/aromatic N) is 2. The van der Waals surface area contributed by atoms with Crippen LogP contribution in [0, 0.1) is 11.8 Å². The van der Waals surface area contributed by atoms with E-state index in [2.05, 4.69) is 27.7 Å². The lowest BCUT2D eigenvalue weighted by molar-refractivity contribution is -0.132. The predicted molar refractivity (Wildman–Crippen MR) is 107 cm³/mol. The van der Waals surface area contributed by atoms with E-state index < -0.39 is 5.54 Å². The standard InChI is InChI=1S/C21H34N4O/c1-15(2)9-11-21(12-10-16(3)4)19(26)25(20(23)24-21)14-18-7-5-17(13-22)6-8-18/h5-8,15-16H,9-14,22H2,1-4H3,(H2,23,24). The zero-order valence-electron chi connectivity index (χ0n) is 16.7. The third kappa shape index (κ3) is 4.85. The van der Waals surface area contributed by atoms with Crippen LogP contribution in [0.3, 0.4) is 0 Å². The summed E-state index contributed by atoms with van der Waals surface area (Å²) in [7, 11) is 0. The van der Waals surface area contributed by atoms with Gasteiger partial charge in [-0.05, 0) is 48.6 Å². The summed E-state index contributed by atoms with van der Waals surface area (Å²) in [5.41, 5.74) is 13.3. The van der Waals surface area contributed by atoms with Gasteiger partial charge in [-0.3, -0.25) is 9.69 Å². The molecule has 4 N–H and O–H groups in total. The predicted octanol–water partition coefficient (Wildman–Crippen LogP) is 3.41. The van der Waals surface area contributed by atoms with Gasteiger partial charge in [-0.15, -0.1) is 0 Å². The number of aliphatic imine (C=N–C) groups is 1. The van der Waals surface area contributed by atoms with E-state index in [9.17, 15) is 4.79 Å². The number of benzene rings is 1. The van der Waals surface area contributed by atoms with E-state index in [4.69, 9.17) is 16.5 Å². The van der Waals surface area contributed by atoms with Crippen molar-refractivity contribution in [1.29, 1.82) is 0 Å². The Kier molecular flexibility index (Phi) is 6.81. The maximum atomic E-state index is 13.3. The van der Waals surface area contributed by atoms with Crippen molar-refractivity contribution < 1.29 is 4.79 Å². The van der Waals surface area contributed by atoms with Gasteiger partial charge in [0, 0.05) is 6.54 Å². The maximum Gasteiger partial charge on any atom is 0.257 e. The molecule has 1 amide bonds. The van der Waals surface area contributed by atoms with Crippen LogP contribution in [0.25, 0.3) is 0 Å². The van der Waals surface area contributed by atoms with Crippen LogP contribution in [0.4, 0.5) is 0 Å².